The molecule has 140 valence electrons. The monoisotopic (exact) mass is 360 g/mol. The molecule has 2 aromatic heterocycles. The van der Waals surface area contributed by atoms with E-state index >= 15 is 0 Å². The van der Waals surface area contributed by atoms with Gasteiger partial charge in [0.1, 0.15) is 11.6 Å². The number of hydrogen-bond donors (Lipinski definition) is 1. The highest BCUT2D eigenvalue weighted by Crippen LogP contribution is 2.22. The SMILES string of the molecule is CCn1c(N2CCC(C(=O)NCc3ccco3)CC2)cc(=O)n(C)c1=O. The summed E-state index contributed by atoms with van der Waals surface area (Å²) in [6.07, 6.45) is 2.94. The Morgan fingerprint density at radius 1 is 1.31 bits per heavy atom. The summed E-state index contributed by atoms with van der Waals surface area (Å²) in [6.45, 7) is 4.02. The predicted molar refractivity (Wildman–Crippen MR) is 97.1 cm³/mol. The Labute approximate surface area is 151 Å². The molecule has 0 atom stereocenters. The second-order valence-electron chi connectivity index (χ2n) is 6.49. The fourth-order valence-electron chi connectivity index (χ4n) is 3.32. The number of carbonyl (C=O) groups is 1. The van der Waals surface area contributed by atoms with Gasteiger partial charge < -0.3 is 14.6 Å². The quantitative estimate of drug-likeness (QED) is 0.847. The van der Waals surface area contributed by atoms with Crippen LogP contribution in [0.25, 0.3) is 0 Å². The molecule has 1 aliphatic rings. The van der Waals surface area contributed by atoms with E-state index in [1.807, 2.05) is 17.9 Å². The van der Waals surface area contributed by atoms with E-state index in [-0.39, 0.29) is 23.1 Å². The van der Waals surface area contributed by atoms with E-state index in [4.69, 9.17) is 4.42 Å². The molecule has 0 unspecified atom stereocenters. The van der Waals surface area contributed by atoms with E-state index < -0.39 is 0 Å². The van der Waals surface area contributed by atoms with Gasteiger partial charge in [-0.3, -0.25) is 18.7 Å². The Balaban J connectivity index is 1.64. The van der Waals surface area contributed by atoms with Crippen molar-refractivity contribution in [3.8, 4) is 0 Å². The molecule has 1 aliphatic heterocycles. The van der Waals surface area contributed by atoms with Crippen LogP contribution in [0.15, 0.2) is 38.5 Å². The lowest BCUT2D eigenvalue weighted by Crippen LogP contribution is -2.45. The van der Waals surface area contributed by atoms with Crippen LogP contribution in [0.2, 0.25) is 0 Å². The lowest BCUT2D eigenvalue weighted by atomic mass is 9.96. The topological polar surface area (TPSA) is 89.5 Å². The molecule has 1 amide bonds. The fraction of sp³-hybridized carbons (Fsp3) is 0.500. The Morgan fingerprint density at radius 2 is 2.04 bits per heavy atom. The maximum absolute atomic E-state index is 12.3. The summed E-state index contributed by atoms with van der Waals surface area (Å²) >= 11 is 0. The van der Waals surface area contributed by atoms with Crippen molar-refractivity contribution < 1.29 is 9.21 Å². The predicted octanol–water partition coefficient (Wildman–Crippen LogP) is 0.693. The molecular formula is C18H24N4O4. The first kappa shape index (κ1) is 18.0. The third kappa shape index (κ3) is 3.58. The van der Waals surface area contributed by atoms with Gasteiger partial charge in [-0.05, 0) is 31.9 Å². The number of amides is 1. The smallest absolute Gasteiger partial charge is 0.332 e. The molecule has 0 saturated carbocycles. The van der Waals surface area contributed by atoms with Gasteiger partial charge in [0.25, 0.3) is 5.56 Å². The molecule has 8 nitrogen and oxygen atoms in total. The van der Waals surface area contributed by atoms with Gasteiger partial charge in [-0.25, -0.2) is 4.79 Å². The first-order chi connectivity index (χ1) is 12.5. The van der Waals surface area contributed by atoms with E-state index in [0.717, 1.165) is 10.3 Å². The zero-order valence-electron chi connectivity index (χ0n) is 15.1. The maximum Gasteiger partial charge on any atom is 0.332 e. The normalized spacial score (nSPS) is 15.2. The number of nitrogens with one attached hydrogen (secondary N) is 1. The molecule has 0 bridgehead atoms. The summed E-state index contributed by atoms with van der Waals surface area (Å²) < 4.78 is 7.93. The highest BCUT2D eigenvalue weighted by Gasteiger charge is 2.26. The number of piperidine rings is 1. The van der Waals surface area contributed by atoms with Crippen LogP contribution < -0.4 is 21.5 Å². The molecule has 0 aliphatic carbocycles. The van der Waals surface area contributed by atoms with Gasteiger partial charge in [0.15, 0.2) is 0 Å². The van der Waals surface area contributed by atoms with Crippen molar-refractivity contribution in [1.29, 1.82) is 0 Å². The van der Waals surface area contributed by atoms with Crippen molar-refractivity contribution in [3.63, 3.8) is 0 Å². The Hall–Kier alpha value is -2.77. The minimum absolute atomic E-state index is 0.0120. The minimum Gasteiger partial charge on any atom is -0.467 e. The molecule has 2 aromatic rings. The average Bonchev–Trinajstić information content (AvgIpc) is 3.17. The molecule has 8 heteroatoms. The van der Waals surface area contributed by atoms with Gasteiger partial charge in [0.05, 0.1) is 12.8 Å². The highest BCUT2D eigenvalue weighted by atomic mass is 16.3. The first-order valence-electron chi connectivity index (χ1n) is 8.87. The van der Waals surface area contributed by atoms with Crippen molar-refractivity contribution >= 4 is 11.7 Å². The van der Waals surface area contributed by atoms with Crippen molar-refractivity contribution in [2.45, 2.75) is 32.9 Å². The molecule has 3 heterocycles. The van der Waals surface area contributed by atoms with Crippen molar-refractivity contribution in [2.24, 2.45) is 13.0 Å². The van der Waals surface area contributed by atoms with Crippen LogP contribution in [-0.4, -0.2) is 28.1 Å². The van der Waals surface area contributed by atoms with Crippen LogP contribution in [0.3, 0.4) is 0 Å². The summed E-state index contributed by atoms with van der Waals surface area (Å²) in [7, 11) is 1.48. The number of rotatable bonds is 5. The fourth-order valence-corrected chi connectivity index (χ4v) is 3.32. The average molecular weight is 360 g/mol. The second kappa shape index (κ2) is 7.63. The Kier molecular flexibility index (Phi) is 5.29. The van der Waals surface area contributed by atoms with E-state index in [1.54, 1.807) is 16.9 Å². The van der Waals surface area contributed by atoms with E-state index in [1.165, 1.54) is 13.1 Å². The third-order valence-corrected chi connectivity index (χ3v) is 4.90. The number of hydrogen-bond acceptors (Lipinski definition) is 5. The molecule has 26 heavy (non-hydrogen) atoms. The van der Waals surface area contributed by atoms with Crippen LogP contribution >= 0.6 is 0 Å². The minimum atomic E-state index is -0.312. The largest absolute Gasteiger partial charge is 0.467 e. The summed E-state index contributed by atoms with van der Waals surface area (Å²) in [6, 6.07) is 5.11. The molecule has 1 saturated heterocycles. The molecule has 0 radical (unpaired) electrons. The molecule has 1 N–H and O–H groups in total. The standard InChI is InChI=1S/C18H24N4O4/c1-3-22-15(11-16(23)20(2)18(22)25)21-8-6-13(7-9-21)17(24)19-12-14-5-4-10-26-14/h4-5,10-11,13H,3,6-9,12H2,1-2H3,(H,19,24). The van der Waals surface area contributed by atoms with Crippen LogP contribution in [0.4, 0.5) is 5.82 Å². The van der Waals surface area contributed by atoms with E-state index in [0.29, 0.717) is 44.8 Å². The molecular weight excluding hydrogens is 336 g/mol. The van der Waals surface area contributed by atoms with Crippen LogP contribution in [0, 0.1) is 5.92 Å². The summed E-state index contributed by atoms with van der Waals surface area (Å²) in [4.78, 5) is 38.6. The van der Waals surface area contributed by atoms with Gasteiger partial charge in [0.2, 0.25) is 5.91 Å². The van der Waals surface area contributed by atoms with Crippen LogP contribution in [0.5, 0.6) is 0 Å². The molecule has 3 rings (SSSR count). The number of furan rings is 1. The maximum atomic E-state index is 12.3. The lowest BCUT2D eigenvalue weighted by Gasteiger charge is -2.34. The van der Waals surface area contributed by atoms with Gasteiger partial charge >= 0.3 is 5.69 Å². The molecule has 0 spiro atoms. The van der Waals surface area contributed by atoms with Gasteiger partial charge in [0, 0.05) is 38.7 Å². The van der Waals surface area contributed by atoms with Gasteiger partial charge in [-0.15, -0.1) is 0 Å². The van der Waals surface area contributed by atoms with Gasteiger partial charge in [-0.2, -0.15) is 0 Å². The number of carbonyl (C=O) groups excluding carboxylic acids is 1. The summed E-state index contributed by atoms with van der Waals surface area (Å²) in [5, 5.41) is 2.90. The number of nitrogens with zero attached hydrogens (tertiary/aromatic N) is 3. The number of anilines is 1. The van der Waals surface area contributed by atoms with Gasteiger partial charge in [-0.1, -0.05) is 0 Å². The summed E-state index contributed by atoms with van der Waals surface area (Å²) in [5.41, 5.74) is -0.624. The van der Waals surface area contributed by atoms with Crippen LogP contribution in [-0.2, 0) is 24.9 Å². The Morgan fingerprint density at radius 3 is 2.65 bits per heavy atom. The van der Waals surface area contributed by atoms with Crippen molar-refractivity contribution in [3.05, 3.63) is 51.1 Å². The Bertz CT molecular complexity index is 874. The highest BCUT2D eigenvalue weighted by molar-refractivity contribution is 5.78. The lowest BCUT2D eigenvalue weighted by molar-refractivity contribution is -0.125. The zero-order valence-corrected chi connectivity index (χ0v) is 15.1. The zero-order chi connectivity index (χ0) is 18.7. The molecule has 0 aromatic carbocycles. The van der Waals surface area contributed by atoms with Crippen molar-refractivity contribution in [2.75, 3.05) is 18.0 Å². The molecule has 1 fully saturated rings. The third-order valence-electron chi connectivity index (χ3n) is 4.90. The van der Waals surface area contributed by atoms with E-state index in [2.05, 4.69) is 5.32 Å². The number of aromatic nitrogens is 2. The summed E-state index contributed by atoms with van der Waals surface area (Å²) in [5.74, 6) is 1.30. The van der Waals surface area contributed by atoms with Crippen LogP contribution in [0.1, 0.15) is 25.5 Å². The van der Waals surface area contributed by atoms with E-state index in [9.17, 15) is 14.4 Å². The first-order valence-corrected chi connectivity index (χ1v) is 8.87. The second-order valence-corrected chi connectivity index (χ2v) is 6.49. The van der Waals surface area contributed by atoms with Crippen molar-refractivity contribution in [1.82, 2.24) is 14.5 Å².